The van der Waals surface area contributed by atoms with Crippen LogP contribution < -0.4 is 5.14 Å². The van der Waals surface area contributed by atoms with Gasteiger partial charge in [0.25, 0.3) is 0 Å². The van der Waals surface area contributed by atoms with Gasteiger partial charge in [0.15, 0.2) is 0 Å². The Bertz CT molecular complexity index is 187. The van der Waals surface area contributed by atoms with Crippen LogP contribution in [0.2, 0.25) is 0 Å². The Balaban J connectivity index is 1.86. The van der Waals surface area contributed by atoms with Crippen molar-refractivity contribution in [2.24, 2.45) is 11.1 Å². The second kappa shape index (κ2) is 3.41. The number of hydrogen-bond acceptors (Lipinski definition) is 3. The third-order valence-electron chi connectivity index (χ3n) is 2.42. The van der Waals surface area contributed by atoms with E-state index in [-0.39, 0.29) is 12.2 Å². The maximum atomic E-state index is 10.7. The first-order chi connectivity index (χ1) is 5.75. The summed E-state index contributed by atoms with van der Waals surface area (Å²) in [4.78, 5) is 0. The highest BCUT2D eigenvalue weighted by molar-refractivity contribution is 7.82. The molecule has 0 aromatic carbocycles. The Morgan fingerprint density at radius 2 is 2.33 bits per heavy atom. The molecule has 4 atom stereocenters. The molecule has 2 unspecified atom stereocenters. The van der Waals surface area contributed by atoms with Gasteiger partial charge in [-0.3, -0.25) is 5.14 Å². The average Bonchev–Trinajstić information content (AvgIpc) is 2.43. The summed E-state index contributed by atoms with van der Waals surface area (Å²) in [5.74, 6) is 0.978. The molecule has 0 aliphatic carbocycles. The molecule has 2 heterocycles. The zero-order valence-corrected chi connectivity index (χ0v) is 7.59. The SMILES string of the molecule is NS(=O)CC1C[C@@H]2COC[C@@H]2O1. The minimum absolute atomic E-state index is 0.0923. The molecule has 4 nitrogen and oxygen atoms in total. The highest BCUT2D eigenvalue weighted by Gasteiger charge is 2.39. The molecule has 2 N–H and O–H groups in total. The van der Waals surface area contributed by atoms with Crippen molar-refractivity contribution in [2.75, 3.05) is 19.0 Å². The molecule has 0 radical (unpaired) electrons. The number of rotatable bonds is 2. The van der Waals surface area contributed by atoms with E-state index in [1.165, 1.54) is 0 Å². The lowest BCUT2D eigenvalue weighted by atomic mass is 10.0. The van der Waals surface area contributed by atoms with Gasteiger partial charge in [0.2, 0.25) is 0 Å². The van der Waals surface area contributed by atoms with Gasteiger partial charge in [-0.15, -0.1) is 0 Å². The number of fused-ring (bicyclic) bond motifs is 1. The first-order valence-corrected chi connectivity index (χ1v) is 5.50. The lowest BCUT2D eigenvalue weighted by molar-refractivity contribution is 0.0303. The molecule has 0 bridgehead atoms. The van der Waals surface area contributed by atoms with E-state index in [0.717, 1.165) is 13.0 Å². The van der Waals surface area contributed by atoms with Crippen molar-refractivity contribution in [2.45, 2.75) is 18.6 Å². The molecule has 0 spiro atoms. The lowest BCUT2D eigenvalue weighted by Gasteiger charge is -2.09. The van der Waals surface area contributed by atoms with Gasteiger partial charge in [-0.1, -0.05) is 0 Å². The van der Waals surface area contributed by atoms with Crippen LogP contribution in [-0.4, -0.2) is 35.4 Å². The van der Waals surface area contributed by atoms with Crippen LogP contribution in [0.5, 0.6) is 0 Å². The van der Waals surface area contributed by atoms with Crippen molar-refractivity contribution in [1.82, 2.24) is 0 Å². The standard InChI is InChI=1S/C7H13NO3S/c8-12(9)4-6-1-5-2-10-3-7(5)11-6/h5-7H,1-4,8H2/t5-,6?,7+,12?/m1/s1. The van der Waals surface area contributed by atoms with Gasteiger partial charge < -0.3 is 9.47 Å². The summed E-state index contributed by atoms with van der Waals surface area (Å²) in [6.45, 7) is 1.48. The third kappa shape index (κ3) is 1.69. The number of hydrogen-bond donors (Lipinski definition) is 1. The van der Waals surface area contributed by atoms with E-state index in [9.17, 15) is 4.21 Å². The van der Waals surface area contributed by atoms with Gasteiger partial charge in [-0.2, -0.15) is 0 Å². The molecular weight excluding hydrogens is 178 g/mol. The van der Waals surface area contributed by atoms with Gasteiger partial charge in [0.05, 0.1) is 42.2 Å². The summed E-state index contributed by atoms with van der Waals surface area (Å²) in [7, 11) is -1.23. The first kappa shape index (κ1) is 8.62. The Morgan fingerprint density at radius 3 is 3.00 bits per heavy atom. The van der Waals surface area contributed by atoms with Gasteiger partial charge in [0.1, 0.15) is 0 Å². The van der Waals surface area contributed by atoms with Crippen LogP contribution in [0.1, 0.15) is 6.42 Å². The van der Waals surface area contributed by atoms with Crippen LogP contribution in [0.3, 0.4) is 0 Å². The number of ether oxygens (including phenoxy) is 2. The topological polar surface area (TPSA) is 61.6 Å². The molecule has 2 aliphatic heterocycles. The second-order valence-electron chi connectivity index (χ2n) is 3.38. The fraction of sp³-hybridized carbons (Fsp3) is 1.00. The summed E-state index contributed by atoms with van der Waals surface area (Å²) < 4.78 is 21.5. The Hall–Kier alpha value is 0.0300. The minimum atomic E-state index is -1.23. The van der Waals surface area contributed by atoms with Crippen LogP contribution in [-0.2, 0) is 20.5 Å². The summed E-state index contributed by atoms with van der Waals surface area (Å²) >= 11 is 0. The molecule has 70 valence electrons. The summed E-state index contributed by atoms with van der Waals surface area (Å²) in [5, 5.41) is 5.18. The van der Waals surface area contributed by atoms with Crippen LogP contribution in [0.25, 0.3) is 0 Å². The Kier molecular flexibility index (Phi) is 2.45. The van der Waals surface area contributed by atoms with E-state index >= 15 is 0 Å². The van der Waals surface area contributed by atoms with Crippen molar-refractivity contribution >= 4 is 11.0 Å². The van der Waals surface area contributed by atoms with Crippen LogP contribution in [0.4, 0.5) is 0 Å². The van der Waals surface area contributed by atoms with Gasteiger partial charge in [-0.05, 0) is 6.42 Å². The van der Waals surface area contributed by atoms with Crippen molar-refractivity contribution in [3.05, 3.63) is 0 Å². The highest BCUT2D eigenvalue weighted by Crippen LogP contribution is 2.31. The lowest BCUT2D eigenvalue weighted by Crippen LogP contribution is -2.22. The van der Waals surface area contributed by atoms with Crippen molar-refractivity contribution in [3.63, 3.8) is 0 Å². The molecule has 2 rings (SSSR count). The largest absolute Gasteiger partial charge is 0.378 e. The van der Waals surface area contributed by atoms with E-state index in [1.807, 2.05) is 0 Å². The van der Waals surface area contributed by atoms with Crippen molar-refractivity contribution < 1.29 is 13.7 Å². The van der Waals surface area contributed by atoms with Crippen LogP contribution in [0.15, 0.2) is 0 Å². The van der Waals surface area contributed by atoms with Crippen molar-refractivity contribution in [1.29, 1.82) is 0 Å². The molecule has 0 aromatic heterocycles. The molecule has 5 heteroatoms. The summed E-state index contributed by atoms with van der Waals surface area (Å²) in [5.41, 5.74) is 0. The molecule has 2 aliphatic rings. The predicted octanol–water partition coefficient (Wildman–Crippen LogP) is -0.587. The zero-order valence-electron chi connectivity index (χ0n) is 6.77. The molecule has 0 aromatic rings. The van der Waals surface area contributed by atoms with E-state index < -0.39 is 11.0 Å². The number of nitrogens with two attached hydrogens (primary N) is 1. The van der Waals surface area contributed by atoms with E-state index in [4.69, 9.17) is 14.6 Å². The Labute approximate surface area is 74.0 Å². The predicted molar refractivity (Wildman–Crippen MR) is 44.8 cm³/mol. The quantitative estimate of drug-likeness (QED) is 0.634. The molecule has 12 heavy (non-hydrogen) atoms. The second-order valence-corrected chi connectivity index (χ2v) is 4.47. The maximum Gasteiger partial charge on any atom is 0.0914 e. The first-order valence-electron chi connectivity index (χ1n) is 4.11. The molecule has 0 saturated carbocycles. The third-order valence-corrected chi connectivity index (χ3v) is 3.12. The fourth-order valence-electron chi connectivity index (χ4n) is 1.88. The summed E-state index contributed by atoms with van der Waals surface area (Å²) in [6, 6.07) is 0. The fourth-order valence-corrected chi connectivity index (χ4v) is 2.46. The average molecular weight is 191 g/mol. The molecule has 2 saturated heterocycles. The van der Waals surface area contributed by atoms with Crippen LogP contribution in [0, 0.1) is 5.92 Å². The van der Waals surface area contributed by atoms with Gasteiger partial charge in [-0.25, -0.2) is 4.21 Å². The van der Waals surface area contributed by atoms with E-state index in [1.54, 1.807) is 0 Å². The van der Waals surface area contributed by atoms with Gasteiger partial charge in [0, 0.05) is 5.92 Å². The van der Waals surface area contributed by atoms with Crippen LogP contribution >= 0.6 is 0 Å². The molecule has 0 amide bonds. The normalized spacial score (nSPS) is 42.9. The van der Waals surface area contributed by atoms with Crippen molar-refractivity contribution in [3.8, 4) is 0 Å². The maximum absolute atomic E-state index is 10.7. The molecule has 2 fully saturated rings. The Morgan fingerprint density at radius 1 is 1.50 bits per heavy atom. The highest BCUT2D eigenvalue weighted by atomic mass is 32.2. The van der Waals surface area contributed by atoms with Gasteiger partial charge >= 0.3 is 0 Å². The smallest absolute Gasteiger partial charge is 0.0914 e. The van der Waals surface area contributed by atoms with E-state index in [2.05, 4.69) is 0 Å². The molecular formula is C7H13NO3S. The minimum Gasteiger partial charge on any atom is -0.378 e. The summed E-state index contributed by atoms with van der Waals surface area (Å²) in [6.07, 6.45) is 1.28. The monoisotopic (exact) mass is 191 g/mol. The van der Waals surface area contributed by atoms with E-state index in [0.29, 0.717) is 18.3 Å². The zero-order chi connectivity index (χ0) is 8.55.